The number of hydrogen-bond donors (Lipinski definition) is 1. The number of aryl methyl sites for hydroxylation is 1. The van der Waals surface area contributed by atoms with Gasteiger partial charge in [-0.15, -0.1) is 0 Å². The molecule has 0 spiro atoms. The lowest BCUT2D eigenvalue weighted by molar-refractivity contribution is -0.0441. The van der Waals surface area contributed by atoms with Crippen LogP contribution in [0, 0.1) is 6.92 Å². The van der Waals surface area contributed by atoms with Crippen molar-refractivity contribution in [2.24, 2.45) is 0 Å². The van der Waals surface area contributed by atoms with Crippen LogP contribution in [-0.4, -0.2) is 45.1 Å². The highest BCUT2D eigenvalue weighted by molar-refractivity contribution is 7.89. The highest BCUT2D eigenvalue weighted by Crippen LogP contribution is 2.26. The number of hydrogen-bond acceptors (Lipinski definition) is 5. The van der Waals surface area contributed by atoms with Crippen molar-refractivity contribution < 1.29 is 17.6 Å². The summed E-state index contributed by atoms with van der Waals surface area (Å²) in [5.74, 6) is 1.06. The van der Waals surface area contributed by atoms with Crippen LogP contribution in [0.15, 0.2) is 15.4 Å². The van der Waals surface area contributed by atoms with Gasteiger partial charge in [0.2, 0.25) is 10.0 Å². The Labute approximate surface area is 120 Å². The average molecular weight is 302 g/mol. The highest BCUT2D eigenvalue weighted by atomic mass is 32.2. The van der Waals surface area contributed by atoms with Gasteiger partial charge in [-0.05, 0) is 27.8 Å². The Hall–Kier alpha value is -0.890. The fraction of sp³-hybridized carbons (Fsp3) is 0.692. The smallest absolute Gasteiger partial charge is 0.246 e. The lowest BCUT2D eigenvalue weighted by Crippen LogP contribution is -2.48. The van der Waals surface area contributed by atoms with E-state index in [1.165, 1.54) is 4.31 Å². The first-order chi connectivity index (χ1) is 9.34. The van der Waals surface area contributed by atoms with Crippen molar-refractivity contribution >= 4 is 10.0 Å². The molecule has 1 aliphatic heterocycles. The van der Waals surface area contributed by atoms with Gasteiger partial charge in [-0.25, -0.2) is 8.42 Å². The van der Waals surface area contributed by atoms with Crippen LogP contribution in [0.25, 0.3) is 0 Å². The van der Waals surface area contributed by atoms with Crippen molar-refractivity contribution in [3.8, 4) is 0 Å². The molecule has 2 heterocycles. The van der Waals surface area contributed by atoms with Crippen LogP contribution in [0.3, 0.4) is 0 Å². The molecule has 1 saturated heterocycles. The largest absolute Gasteiger partial charge is 0.464 e. The summed E-state index contributed by atoms with van der Waals surface area (Å²) in [6, 6.07) is 1.60. The molecule has 7 heteroatoms. The number of nitrogens with one attached hydrogen (secondary N) is 1. The second-order valence-electron chi connectivity index (χ2n) is 5.24. The van der Waals surface area contributed by atoms with Gasteiger partial charge in [0.05, 0.1) is 18.8 Å². The molecule has 114 valence electrons. The molecule has 0 bridgehead atoms. The molecular weight excluding hydrogens is 280 g/mol. The summed E-state index contributed by atoms with van der Waals surface area (Å²) >= 11 is 0. The third-order valence-electron chi connectivity index (χ3n) is 3.28. The summed E-state index contributed by atoms with van der Waals surface area (Å²) in [5, 5.41) is 2.95. The van der Waals surface area contributed by atoms with Crippen LogP contribution >= 0.6 is 0 Å². The van der Waals surface area contributed by atoms with Gasteiger partial charge in [0.15, 0.2) is 0 Å². The molecule has 1 N–H and O–H groups in total. The minimum Gasteiger partial charge on any atom is -0.464 e. The topological polar surface area (TPSA) is 71.8 Å². The first-order valence-electron chi connectivity index (χ1n) is 6.74. The summed E-state index contributed by atoms with van der Waals surface area (Å²) in [7, 11) is -1.74. The molecule has 2 atom stereocenters. The maximum Gasteiger partial charge on any atom is 0.246 e. The van der Waals surface area contributed by atoms with Crippen molar-refractivity contribution in [2.75, 3.05) is 20.1 Å². The van der Waals surface area contributed by atoms with Crippen LogP contribution in [-0.2, 0) is 21.3 Å². The van der Waals surface area contributed by atoms with Gasteiger partial charge in [-0.1, -0.05) is 0 Å². The lowest BCUT2D eigenvalue weighted by atomic mass is 10.3. The standard InChI is InChI=1S/C13H22N2O4S/c1-9-7-15(8-10(2)18-9)20(16,17)13-5-12(6-14-4)19-11(13)3/h5,9-10,14H,6-8H2,1-4H3/t9-,10+. The molecule has 1 aliphatic rings. The van der Waals surface area contributed by atoms with Gasteiger partial charge >= 0.3 is 0 Å². The molecule has 0 unspecified atom stereocenters. The Bertz CT molecular complexity index is 557. The van der Waals surface area contributed by atoms with Crippen molar-refractivity contribution in [1.29, 1.82) is 0 Å². The molecule has 20 heavy (non-hydrogen) atoms. The Balaban J connectivity index is 2.30. The maximum absolute atomic E-state index is 12.7. The van der Waals surface area contributed by atoms with Crippen molar-refractivity contribution in [1.82, 2.24) is 9.62 Å². The predicted molar refractivity (Wildman–Crippen MR) is 75.0 cm³/mol. The fourth-order valence-corrected chi connectivity index (χ4v) is 4.28. The second kappa shape index (κ2) is 5.85. The number of ether oxygens (including phenoxy) is 1. The van der Waals surface area contributed by atoms with Gasteiger partial charge in [0.1, 0.15) is 16.4 Å². The number of sulfonamides is 1. The average Bonchev–Trinajstić information content (AvgIpc) is 2.70. The van der Waals surface area contributed by atoms with E-state index in [4.69, 9.17) is 9.15 Å². The maximum atomic E-state index is 12.7. The minimum absolute atomic E-state index is 0.0995. The third kappa shape index (κ3) is 3.06. The molecule has 0 aliphatic carbocycles. The summed E-state index contributed by atoms with van der Waals surface area (Å²) < 4.78 is 38.0. The van der Waals surface area contributed by atoms with Crippen LogP contribution < -0.4 is 5.32 Å². The highest BCUT2D eigenvalue weighted by Gasteiger charge is 2.34. The SMILES string of the molecule is CNCc1cc(S(=O)(=O)N2C[C@@H](C)O[C@@H](C)C2)c(C)o1. The third-order valence-corrected chi connectivity index (χ3v) is 5.22. The predicted octanol–water partition coefficient (Wildman–Crippen LogP) is 1.11. The van der Waals surface area contributed by atoms with Crippen molar-refractivity contribution in [2.45, 2.75) is 44.4 Å². The minimum atomic E-state index is -3.52. The van der Waals surface area contributed by atoms with E-state index in [2.05, 4.69) is 5.32 Å². The van der Waals surface area contributed by atoms with E-state index in [1.807, 2.05) is 13.8 Å². The summed E-state index contributed by atoms with van der Waals surface area (Å²) in [5.41, 5.74) is 0. The van der Waals surface area contributed by atoms with E-state index in [-0.39, 0.29) is 17.1 Å². The van der Waals surface area contributed by atoms with E-state index < -0.39 is 10.0 Å². The Morgan fingerprint density at radius 3 is 2.50 bits per heavy atom. The molecule has 0 amide bonds. The fourth-order valence-electron chi connectivity index (χ4n) is 2.51. The summed E-state index contributed by atoms with van der Waals surface area (Å²) in [6.07, 6.45) is -0.199. The summed E-state index contributed by atoms with van der Waals surface area (Å²) in [6.45, 7) is 6.70. The Morgan fingerprint density at radius 1 is 1.35 bits per heavy atom. The molecule has 1 aromatic rings. The number of furan rings is 1. The monoisotopic (exact) mass is 302 g/mol. The normalized spacial score (nSPS) is 25.0. The first kappa shape index (κ1) is 15.5. The van der Waals surface area contributed by atoms with Crippen molar-refractivity contribution in [3.63, 3.8) is 0 Å². The van der Waals surface area contributed by atoms with E-state index in [0.29, 0.717) is 31.2 Å². The van der Waals surface area contributed by atoms with Gasteiger partial charge in [0, 0.05) is 19.2 Å². The molecule has 1 aromatic heterocycles. The van der Waals surface area contributed by atoms with E-state index in [0.717, 1.165) is 0 Å². The lowest BCUT2D eigenvalue weighted by Gasteiger charge is -2.34. The molecule has 1 fully saturated rings. The van der Waals surface area contributed by atoms with E-state index in [9.17, 15) is 8.42 Å². The Kier molecular flexibility index (Phi) is 4.53. The first-order valence-corrected chi connectivity index (χ1v) is 8.18. The van der Waals surface area contributed by atoms with Gasteiger partial charge in [0.25, 0.3) is 0 Å². The van der Waals surface area contributed by atoms with Crippen LogP contribution in [0.5, 0.6) is 0 Å². The number of nitrogens with zero attached hydrogens (tertiary/aromatic N) is 1. The van der Waals surface area contributed by atoms with E-state index in [1.54, 1.807) is 20.0 Å². The Morgan fingerprint density at radius 2 is 1.95 bits per heavy atom. The van der Waals surface area contributed by atoms with Crippen LogP contribution in [0.1, 0.15) is 25.4 Å². The summed E-state index contributed by atoms with van der Waals surface area (Å²) in [4.78, 5) is 0.254. The molecule has 2 rings (SSSR count). The zero-order chi connectivity index (χ0) is 14.9. The zero-order valence-corrected chi connectivity index (χ0v) is 13.2. The number of rotatable bonds is 4. The quantitative estimate of drug-likeness (QED) is 0.902. The van der Waals surface area contributed by atoms with Gasteiger partial charge < -0.3 is 14.5 Å². The van der Waals surface area contributed by atoms with E-state index >= 15 is 0 Å². The molecule has 0 saturated carbocycles. The van der Waals surface area contributed by atoms with Gasteiger partial charge in [-0.3, -0.25) is 0 Å². The zero-order valence-electron chi connectivity index (χ0n) is 12.3. The van der Waals surface area contributed by atoms with Crippen LogP contribution in [0.4, 0.5) is 0 Å². The second-order valence-corrected chi connectivity index (χ2v) is 7.15. The molecule has 0 aromatic carbocycles. The number of morpholine rings is 1. The molecular formula is C13H22N2O4S. The van der Waals surface area contributed by atoms with Crippen molar-refractivity contribution in [3.05, 3.63) is 17.6 Å². The molecule has 0 radical (unpaired) electrons. The van der Waals surface area contributed by atoms with Gasteiger partial charge in [-0.2, -0.15) is 4.31 Å². The molecule has 6 nitrogen and oxygen atoms in total. The van der Waals surface area contributed by atoms with Crippen LogP contribution in [0.2, 0.25) is 0 Å².